The van der Waals surface area contributed by atoms with Gasteiger partial charge in [-0.25, -0.2) is 0 Å². The van der Waals surface area contributed by atoms with Crippen LogP contribution in [0.2, 0.25) is 0 Å². The molecule has 0 aliphatic carbocycles. The van der Waals surface area contributed by atoms with Gasteiger partial charge in [0.15, 0.2) is 0 Å². The average molecular weight is 462 g/mol. The Kier molecular flexibility index (Phi) is 5.96. The molecule has 2 aliphatic heterocycles. The van der Waals surface area contributed by atoms with E-state index < -0.39 is 28.3 Å². The molecule has 0 aromatic heterocycles. The van der Waals surface area contributed by atoms with Gasteiger partial charge in [-0.3, -0.25) is 19.7 Å². The Hall–Kier alpha value is -3.63. The lowest BCUT2D eigenvalue weighted by Crippen LogP contribution is -2.50. The zero-order chi connectivity index (χ0) is 23.8. The van der Waals surface area contributed by atoms with Crippen LogP contribution in [0.4, 0.5) is 30.2 Å². The Morgan fingerprint density at radius 3 is 2.30 bits per heavy atom. The average Bonchev–Trinajstić information content (AvgIpc) is 3.20. The number of nitrogens with zero attached hydrogens (tertiary/aromatic N) is 4. The lowest BCUT2D eigenvalue weighted by molar-refractivity contribution is -0.384. The third-order valence-electron chi connectivity index (χ3n) is 5.97. The molecule has 2 aliphatic rings. The maximum Gasteiger partial charge on any atom is 0.416 e. The summed E-state index contributed by atoms with van der Waals surface area (Å²) in [6, 6.07) is 11.5. The van der Waals surface area contributed by atoms with Gasteiger partial charge >= 0.3 is 6.18 Å². The fourth-order valence-electron chi connectivity index (χ4n) is 4.27. The molecule has 0 bridgehead atoms. The van der Waals surface area contributed by atoms with Crippen LogP contribution >= 0.6 is 0 Å². The summed E-state index contributed by atoms with van der Waals surface area (Å²) in [4.78, 5) is 40.8. The van der Waals surface area contributed by atoms with Gasteiger partial charge in [-0.2, -0.15) is 13.2 Å². The highest BCUT2D eigenvalue weighted by atomic mass is 19.4. The first-order valence-electron chi connectivity index (χ1n) is 10.4. The molecule has 174 valence electrons. The van der Waals surface area contributed by atoms with Gasteiger partial charge in [0, 0.05) is 50.9 Å². The third kappa shape index (κ3) is 4.62. The molecular weight excluding hydrogens is 441 g/mol. The minimum atomic E-state index is -4.68. The molecule has 0 radical (unpaired) electrons. The van der Waals surface area contributed by atoms with Crippen molar-refractivity contribution in [3.8, 4) is 0 Å². The molecule has 2 aromatic rings. The van der Waals surface area contributed by atoms with E-state index in [1.165, 1.54) is 0 Å². The highest BCUT2D eigenvalue weighted by Crippen LogP contribution is 2.37. The molecule has 2 amide bonds. The number of anilines is 2. The Morgan fingerprint density at radius 2 is 1.70 bits per heavy atom. The number of alkyl halides is 3. The van der Waals surface area contributed by atoms with Crippen LogP contribution in [0.25, 0.3) is 0 Å². The van der Waals surface area contributed by atoms with E-state index in [9.17, 15) is 32.9 Å². The minimum Gasteiger partial charge on any atom is -0.362 e. The molecule has 8 nitrogen and oxygen atoms in total. The Morgan fingerprint density at radius 1 is 1.03 bits per heavy atom. The van der Waals surface area contributed by atoms with Crippen molar-refractivity contribution >= 4 is 28.9 Å². The van der Waals surface area contributed by atoms with E-state index in [4.69, 9.17) is 0 Å². The molecule has 1 atom stereocenters. The van der Waals surface area contributed by atoms with E-state index in [1.54, 1.807) is 26.8 Å². The molecular formula is C22H21F3N4O4. The smallest absolute Gasteiger partial charge is 0.362 e. The van der Waals surface area contributed by atoms with Crippen molar-refractivity contribution < 1.29 is 27.7 Å². The summed E-state index contributed by atoms with van der Waals surface area (Å²) < 4.78 is 38.8. The molecule has 2 heterocycles. The number of amides is 2. The van der Waals surface area contributed by atoms with Crippen molar-refractivity contribution in [1.29, 1.82) is 0 Å². The van der Waals surface area contributed by atoms with Crippen LogP contribution in [0.5, 0.6) is 0 Å². The van der Waals surface area contributed by atoms with Gasteiger partial charge in [-0.05, 0) is 24.3 Å². The largest absolute Gasteiger partial charge is 0.416 e. The Bertz CT molecular complexity index is 1070. The van der Waals surface area contributed by atoms with Crippen LogP contribution in [0.15, 0.2) is 48.5 Å². The molecule has 2 fully saturated rings. The minimum absolute atomic E-state index is 0.0893. The predicted octanol–water partition coefficient (Wildman–Crippen LogP) is 3.32. The molecule has 0 spiro atoms. The van der Waals surface area contributed by atoms with Crippen molar-refractivity contribution in [3.63, 3.8) is 0 Å². The molecule has 2 aromatic carbocycles. The van der Waals surface area contributed by atoms with Crippen LogP contribution in [-0.4, -0.2) is 54.4 Å². The van der Waals surface area contributed by atoms with Crippen LogP contribution in [0.1, 0.15) is 12.0 Å². The number of benzene rings is 2. The van der Waals surface area contributed by atoms with Crippen molar-refractivity contribution in [2.24, 2.45) is 5.92 Å². The fourth-order valence-corrected chi connectivity index (χ4v) is 4.27. The second-order valence-corrected chi connectivity index (χ2v) is 8.01. The molecule has 33 heavy (non-hydrogen) atoms. The third-order valence-corrected chi connectivity index (χ3v) is 5.97. The first-order valence-corrected chi connectivity index (χ1v) is 10.4. The first kappa shape index (κ1) is 22.6. The van der Waals surface area contributed by atoms with Gasteiger partial charge in [0.2, 0.25) is 11.8 Å². The second-order valence-electron chi connectivity index (χ2n) is 8.01. The summed E-state index contributed by atoms with van der Waals surface area (Å²) in [5.41, 5.74) is -0.881. The SMILES string of the molecule is O=C(C1CC(=O)N(c2ccccc2)C1)N1CCN(c2ccc(C(F)(F)F)cc2[N+](=O)[O-])CC1. The lowest BCUT2D eigenvalue weighted by Gasteiger charge is -2.36. The number of rotatable bonds is 4. The first-order chi connectivity index (χ1) is 15.6. The molecule has 0 N–H and O–H groups in total. The fraction of sp³-hybridized carbons (Fsp3) is 0.364. The van der Waals surface area contributed by atoms with Crippen LogP contribution in [0.3, 0.4) is 0 Å². The zero-order valence-electron chi connectivity index (χ0n) is 17.5. The van der Waals surface area contributed by atoms with Gasteiger partial charge in [0.25, 0.3) is 5.69 Å². The number of para-hydroxylation sites is 1. The van der Waals surface area contributed by atoms with E-state index in [-0.39, 0.29) is 56.6 Å². The highest BCUT2D eigenvalue weighted by molar-refractivity contribution is 6.00. The summed E-state index contributed by atoms with van der Waals surface area (Å²) in [5, 5.41) is 11.4. The maximum absolute atomic E-state index is 13.0. The number of carbonyl (C=O) groups excluding carboxylic acids is 2. The van der Waals surface area contributed by atoms with Crippen LogP contribution in [0, 0.1) is 16.0 Å². The van der Waals surface area contributed by atoms with Crippen molar-refractivity contribution in [2.45, 2.75) is 12.6 Å². The molecule has 1 unspecified atom stereocenters. The molecule has 11 heteroatoms. The number of piperazine rings is 1. The molecule has 2 saturated heterocycles. The highest BCUT2D eigenvalue weighted by Gasteiger charge is 2.39. The van der Waals surface area contributed by atoms with E-state index in [1.807, 2.05) is 18.2 Å². The molecule has 0 saturated carbocycles. The normalized spacial score (nSPS) is 19.2. The summed E-state index contributed by atoms with van der Waals surface area (Å²) in [6.07, 6.45) is -4.57. The Balaban J connectivity index is 1.42. The quantitative estimate of drug-likeness (QED) is 0.514. The summed E-state index contributed by atoms with van der Waals surface area (Å²) in [7, 11) is 0. The van der Waals surface area contributed by atoms with Gasteiger partial charge in [0.1, 0.15) is 5.69 Å². The number of halogens is 3. The number of carbonyl (C=O) groups is 2. The van der Waals surface area contributed by atoms with Crippen molar-refractivity contribution in [3.05, 3.63) is 64.2 Å². The van der Waals surface area contributed by atoms with Crippen molar-refractivity contribution in [1.82, 2.24) is 4.90 Å². The summed E-state index contributed by atoms with van der Waals surface area (Å²) in [5.74, 6) is -0.772. The molecule has 4 rings (SSSR count). The topological polar surface area (TPSA) is 87.0 Å². The number of hydrogen-bond acceptors (Lipinski definition) is 5. The second kappa shape index (κ2) is 8.72. The van der Waals surface area contributed by atoms with E-state index in [0.717, 1.165) is 17.8 Å². The predicted molar refractivity (Wildman–Crippen MR) is 114 cm³/mol. The summed E-state index contributed by atoms with van der Waals surface area (Å²) >= 11 is 0. The Labute approximate surface area is 187 Å². The van der Waals surface area contributed by atoms with E-state index in [0.29, 0.717) is 6.07 Å². The number of nitro groups is 1. The number of nitro benzene ring substituents is 1. The monoisotopic (exact) mass is 462 g/mol. The van der Waals surface area contributed by atoms with Crippen LogP contribution in [-0.2, 0) is 15.8 Å². The zero-order valence-corrected chi connectivity index (χ0v) is 17.5. The number of hydrogen-bond donors (Lipinski definition) is 0. The van der Waals surface area contributed by atoms with Crippen LogP contribution < -0.4 is 9.80 Å². The van der Waals surface area contributed by atoms with Gasteiger partial charge < -0.3 is 14.7 Å². The summed E-state index contributed by atoms with van der Waals surface area (Å²) in [6.45, 7) is 1.27. The van der Waals surface area contributed by atoms with Gasteiger partial charge in [-0.1, -0.05) is 18.2 Å². The van der Waals surface area contributed by atoms with Gasteiger partial charge in [-0.15, -0.1) is 0 Å². The van der Waals surface area contributed by atoms with E-state index >= 15 is 0 Å². The van der Waals surface area contributed by atoms with E-state index in [2.05, 4.69) is 0 Å². The van der Waals surface area contributed by atoms with Crippen molar-refractivity contribution in [2.75, 3.05) is 42.5 Å². The maximum atomic E-state index is 13.0. The van der Waals surface area contributed by atoms with Gasteiger partial charge in [0.05, 0.1) is 16.4 Å². The lowest BCUT2D eigenvalue weighted by atomic mass is 10.1. The standard InChI is InChI=1S/C22H21F3N4O4/c23-22(24,25)16-6-7-18(19(13-16)29(32)33)26-8-10-27(11-9-26)21(31)15-12-20(30)28(14-15)17-4-2-1-3-5-17/h1-7,13,15H,8-12,14H2.